The molecule has 0 heterocycles. The average Bonchev–Trinajstić information content (AvgIpc) is 2.62. The van der Waals surface area contributed by atoms with Crippen molar-refractivity contribution in [2.75, 3.05) is 20.3 Å². The molecule has 0 aliphatic heterocycles. The summed E-state index contributed by atoms with van der Waals surface area (Å²) in [6.45, 7) is 3.18. The highest BCUT2D eigenvalue weighted by Gasteiger charge is 2.50. The molecule has 156 valence electrons. The first-order chi connectivity index (χ1) is 13.4. The molecule has 5 rings (SSSR count). The van der Waals surface area contributed by atoms with Crippen LogP contribution in [0.4, 0.5) is 0 Å². The Morgan fingerprint density at radius 1 is 1.11 bits per heavy atom. The third-order valence-electron chi connectivity index (χ3n) is 7.02. The van der Waals surface area contributed by atoms with Gasteiger partial charge in [-0.1, -0.05) is 6.07 Å². The molecule has 28 heavy (non-hydrogen) atoms. The lowest BCUT2D eigenvalue weighted by Crippen LogP contribution is -2.47. The molecule has 6 heteroatoms. The van der Waals surface area contributed by atoms with Crippen molar-refractivity contribution in [3.63, 3.8) is 0 Å². The van der Waals surface area contributed by atoms with Gasteiger partial charge in [0.25, 0.3) is 0 Å². The van der Waals surface area contributed by atoms with Gasteiger partial charge in [-0.3, -0.25) is 0 Å². The lowest BCUT2D eigenvalue weighted by molar-refractivity contribution is -0.0561. The smallest absolute Gasteiger partial charge is 0.244 e. The summed E-state index contributed by atoms with van der Waals surface area (Å²) in [6.07, 6.45) is 9.09. The largest absolute Gasteiger partial charge is 0.492 e. The maximum absolute atomic E-state index is 13.0. The van der Waals surface area contributed by atoms with Crippen LogP contribution in [0.1, 0.15) is 57.4 Å². The molecule has 5 nitrogen and oxygen atoms in total. The molecule has 0 radical (unpaired) electrons. The number of rotatable bonds is 9. The van der Waals surface area contributed by atoms with E-state index < -0.39 is 10.0 Å². The van der Waals surface area contributed by atoms with Crippen LogP contribution in [0.3, 0.4) is 0 Å². The second-order valence-electron chi connectivity index (χ2n) is 9.21. The van der Waals surface area contributed by atoms with Gasteiger partial charge in [0.15, 0.2) is 0 Å². The van der Waals surface area contributed by atoms with Gasteiger partial charge in [-0.2, -0.15) is 0 Å². The van der Waals surface area contributed by atoms with Crippen LogP contribution >= 0.6 is 0 Å². The Morgan fingerprint density at radius 3 is 2.32 bits per heavy atom. The second kappa shape index (κ2) is 7.96. The molecular weight excluding hydrogens is 374 g/mol. The fraction of sp³-hybridized carbons (Fsp3) is 0.727. The number of ether oxygens (including phenoxy) is 2. The molecule has 4 saturated carbocycles. The van der Waals surface area contributed by atoms with E-state index in [1.165, 1.54) is 38.5 Å². The molecule has 0 unspecified atom stereocenters. The van der Waals surface area contributed by atoms with Gasteiger partial charge in [0.05, 0.1) is 13.2 Å². The van der Waals surface area contributed by atoms with Gasteiger partial charge in [-0.05, 0) is 92.7 Å². The standard InChI is InChI=1S/C22H33NO4S/c1-3-27-20-5-4-16(15-26-2)11-21(20)28(24,25)23-7-6-22-12-17-8-18(13-22)10-19(9-17)14-22/h4-5,11,17-19,23H,3,6-10,12-15H2,1-2H3. The molecule has 0 aromatic heterocycles. The molecule has 1 aromatic rings. The summed E-state index contributed by atoms with van der Waals surface area (Å²) in [5, 5.41) is 0. The summed E-state index contributed by atoms with van der Waals surface area (Å²) in [6, 6.07) is 5.25. The van der Waals surface area contributed by atoms with E-state index in [1.807, 2.05) is 13.0 Å². The number of nitrogens with one attached hydrogen (secondary N) is 1. The Kier molecular flexibility index (Phi) is 5.73. The zero-order chi connectivity index (χ0) is 19.8. The van der Waals surface area contributed by atoms with Crippen LogP contribution in [-0.2, 0) is 21.4 Å². The summed E-state index contributed by atoms with van der Waals surface area (Å²) in [4.78, 5) is 0.217. The van der Waals surface area contributed by atoms with Crippen molar-refractivity contribution in [2.45, 2.75) is 63.4 Å². The van der Waals surface area contributed by atoms with Gasteiger partial charge >= 0.3 is 0 Å². The minimum atomic E-state index is -3.62. The third-order valence-corrected chi connectivity index (χ3v) is 8.50. The van der Waals surface area contributed by atoms with Crippen LogP contribution in [0, 0.1) is 23.2 Å². The fourth-order valence-electron chi connectivity index (χ4n) is 6.42. The lowest BCUT2D eigenvalue weighted by atomic mass is 9.49. The van der Waals surface area contributed by atoms with Crippen LogP contribution in [0.2, 0.25) is 0 Å². The fourth-order valence-corrected chi connectivity index (χ4v) is 7.64. The zero-order valence-corrected chi connectivity index (χ0v) is 17.9. The van der Waals surface area contributed by atoms with E-state index in [0.29, 0.717) is 30.9 Å². The minimum Gasteiger partial charge on any atom is -0.492 e. The molecule has 4 aliphatic carbocycles. The SMILES string of the molecule is CCOc1ccc(COC)cc1S(=O)(=O)NCCC12CC3CC(CC(C3)C1)C2. The topological polar surface area (TPSA) is 64.6 Å². The first-order valence-corrected chi connectivity index (χ1v) is 12.2. The average molecular weight is 408 g/mol. The first kappa shape index (κ1) is 20.2. The number of methoxy groups -OCH3 is 1. The van der Waals surface area contributed by atoms with Crippen LogP contribution in [0.25, 0.3) is 0 Å². The number of sulfonamides is 1. The van der Waals surface area contributed by atoms with Crippen molar-refractivity contribution in [1.82, 2.24) is 4.72 Å². The quantitative estimate of drug-likeness (QED) is 0.669. The highest BCUT2D eigenvalue weighted by Crippen LogP contribution is 2.61. The first-order valence-electron chi connectivity index (χ1n) is 10.7. The Morgan fingerprint density at radius 2 is 1.75 bits per heavy atom. The Bertz CT molecular complexity index is 769. The summed E-state index contributed by atoms with van der Waals surface area (Å²) in [5.41, 5.74) is 1.20. The molecule has 0 saturated heterocycles. The van der Waals surface area contributed by atoms with Crippen LogP contribution < -0.4 is 9.46 Å². The summed E-state index contributed by atoms with van der Waals surface area (Å²) in [7, 11) is -2.01. The third kappa shape index (κ3) is 4.10. The van der Waals surface area contributed by atoms with Crippen molar-refractivity contribution >= 4 is 10.0 Å². The van der Waals surface area contributed by atoms with E-state index >= 15 is 0 Å². The lowest BCUT2D eigenvalue weighted by Gasteiger charge is -2.57. The van der Waals surface area contributed by atoms with Crippen molar-refractivity contribution < 1.29 is 17.9 Å². The summed E-state index contributed by atoms with van der Waals surface area (Å²) >= 11 is 0. The van der Waals surface area contributed by atoms with Gasteiger partial charge in [-0.15, -0.1) is 0 Å². The van der Waals surface area contributed by atoms with Crippen molar-refractivity contribution in [2.24, 2.45) is 23.2 Å². The molecule has 4 bridgehead atoms. The van der Waals surface area contributed by atoms with Crippen LogP contribution in [-0.4, -0.2) is 28.7 Å². The van der Waals surface area contributed by atoms with Gasteiger partial charge in [0, 0.05) is 13.7 Å². The van der Waals surface area contributed by atoms with Gasteiger partial charge in [0.2, 0.25) is 10.0 Å². The second-order valence-corrected chi connectivity index (χ2v) is 10.9. The normalized spacial score (nSPS) is 31.3. The maximum atomic E-state index is 13.0. The Labute approximate surface area is 169 Å². The highest BCUT2D eigenvalue weighted by molar-refractivity contribution is 7.89. The summed E-state index contributed by atoms with van der Waals surface area (Å²) in [5.74, 6) is 3.07. The molecular formula is C22H33NO4S. The molecule has 4 fully saturated rings. The van der Waals surface area contributed by atoms with E-state index in [4.69, 9.17) is 9.47 Å². The van der Waals surface area contributed by atoms with Crippen LogP contribution in [0.15, 0.2) is 23.1 Å². The van der Waals surface area contributed by atoms with Crippen molar-refractivity contribution in [3.05, 3.63) is 23.8 Å². The molecule has 4 aliphatic rings. The zero-order valence-electron chi connectivity index (χ0n) is 17.1. The highest BCUT2D eigenvalue weighted by atomic mass is 32.2. The van der Waals surface area contributed by atoms with E-state index in [1.54, 1.807) is 19.2 Å². The van der Waals surface area contributed by atoms with Crippen molar-refractivity contribution in [1.29, 1.82) is 0 Å². The van der Waals surface area contributed by atoms with Crippen LogP contribution in [0.5, 0.6) is 5.75 Å². The number of benzene rings is 1. The Hall–Kier alpha value is -1.11. The maximum Gasteiger partial charge on any atom is 0.244 e. The molecule has 0 spiro atoms. The molecule has 1 N–H and O–H groups in total. The van der Waals surface area contributed by atoms with E-state index in [-0.39, 0.29) is 4.90 Å². The molecule has 0 amide bonds. The van der Waals surface area contributed by atoms with Gasteiger partial charge in [0.1, 0.15) is 10.6 Å². The van der Waals surface area contributed by atoms with E-state index in [9.17, 15) is 8.42 Å². The van der Waals surface area contributed by atoms with E-state index in [2.05, 4.69) is 4.72 Å². The monoisotopic (exact) mass is 407 g/mol. The van der Waals surface area contributed by atoms with E-state index in [0.717, 1.165) is 29.7 Å². The molecule has 0 atom stereocenters. The minimum absolute atomic E-state index is 0.217. The number of hydrogen-bond acceptors (Lipinski definition) is 4. The van der Waals surface area contributed by atoms with Crippen molar-refractivity contribution in [3.8, 4) is 5.75 Å². The predicted molar refractivity (Wildman–Crippen MR) is 109 cm³/mol. The van der Waals surface area contributed by atoms with Gasteiger partial charge < -0.3 is 9.47 Å². The number of hydrogen-bond donors (Lipinski definition) is 1. The summed E-state index contributed by atoms with van der Waals surface area (Å²) < 4.78 is 39.7. The molecule has 1 aromatic carbocycles. The van der Waals surface area contributed by atoms with Gasteiger partial charge in [-0.25, -0.2) is 13.1 Å². The Balaban J connectivity index is 1.45. The predicted octanol–water partition coefficient (Wildman–Crippen LogP) is 4.12.